The fourth-order valence-electron chi connectivity index (χ4n) is 3.65. The number of hydrogen-bond donors (Lipinski definition) is 3. The first-order valence-electron chi connectivity index (χ1n) is 11.3. The molecule has 1 unspecified atom stereocenters. The first-order valence-corrected chi connectivity index (χ1v) is 11.3. The molecule has 4 rings (SSSR count). The summed E-state index contributed by atoms with van der Waals surface area (Å²) in [4.78, 5) is 39.3. The molecule has 11 nitrogen and oxygen atoms in total. The van der Waals surface area contributed by atoms with Gasteiger partial charge in [0, 0.05) is 38.9 Å². The van der Waals surface area contributed by atoms with Crippen molar-refractivity contribution >= 4 is 29.2 Å². The van der Waals surface area contributed by atoms with Gasteiger partial charge in [0.25, 0.3) is 11.8 Å². The first kappa shape index (κ1) is 24.7. The van der Waals surface area contributed by atoms with E-state index in [4.69, 9.17) is 14.0 Å². The van der Waals surface area contributed by atoms with Crippen LogP contribution in [0.25, 0.3) is 0 Å². The summed E-state index contributed by atoms with van der Waals surface area (Å²) in [7, 11) is 3.12. The zero-order valence-corrected chi connectivity index (χ0v) is 19.9. The maximum absolute atomic E-state index is 13.1. The molecule has 1 aromatic heterocycles. The van der Waals surface area contributed by atoms with Crippen LogP contribution < -0.4 is 25.6 Å². The number of likely N-dealkylation sites (N-methyl/N-ethyl adjacent to an activating group) is 1. The van der Waals surface area contributed by atoms with Gasteiger partial charge >= 0.3 is 6.03 Å². The number of hydrogen-bond acceptors (Lipinski definition) is 7. The normalized spacial score (nSPS) is 14.9. The summed E-state index contributed by atoms with van der Waals surface area (Å²) in [6, 6.07) is 14.8. The van der Waals surface area contributed by atoms with Gasteiger partial charge in [-0.1, -0.05) is 35.5 Å². The Labute approximate surface area is 207 Å². The summed E-state index contributed by atoms with van der Waals surface area (Å²) >= 11 is 0. The van der Waals surface area contributed by atoms with Crippen LogP contribution in [0.3, 0.4) is 0 Å². The highest BCUT2D eigenvalue weighted by Gasteiger charge is 2.31. The second-order valence-corrected chi connectivity index (χ2v) is 8.13. The lowest BCUT2D eigenvalue weighted by atomic mass is 10.1. The summed E-state index contributed by atoms with van der Waals surface area (Å²) in [5.41, 5.74) is 2.03. The maximum Gasteiger partial charge on any atom is 0.319 e. The Bertz CT molecular complexity index is 1230. The third kappa shape index (κ3) is 5.99. The molecule has 0 spiro atoms. The highest BCUT2D eigenvalue weighted by molar-refractivity contribution is 6.03. The first-order chi connectivity index (χ1) is 17.4. The molecule has 1 atom stereocenters. The van der Waals surface area contributed by atoms with E-state index in [1.54, 1.807) is 38.4 Å². The number of nitrogens with one attached hydrogen (secondary N) is 3. The number of aromatic nitrogens is 1. The third-order valence-corrected chi connectivity index (χ3v) is 5.52. The van der Waals surface area contributed by atoms with Gasteiger partial charge in [0.1, 0.15) is 24.2 Å². The van der Waals surface area contributed by atoms with Crippen molar-refractivity contribution in [3.05, 3.63) is 71.6 Å². The highest BCUT2D eigenvalue weighted by Crippen LogP contribution is 2.33. The average molecular weight is 494 g/mol. The number of anilines is 2. The number of carbonyl (C=O) groups excluding carboxylic acids is 3. The average Bonchev–Trinajstić information content (AvgIpc) is 3.31. The molecule has 0 bridgehead atoms. The molecule has 0 radical (unpaired) electrons. The van der Waals surface area contributed by atoms with E-state index in [0.29, 0.717) is 42.5 Å². The number of urea groups is 1. The van der Waals surface area contributed by atoms with Gasteiger partial charge in [-0.05, 0) is 23.8 Å². The summed E-state index contributed by atoms with van der Waals surface area (Å²) in [5.74, 6) is 0.0522. The summed E-state index contributed by atoms with van der Waals surface area (Å²) in [6.07, 6.45) is 0.491. The molecule has 0 aliphatic carbocycles. The quantitative estimate of drug-likeness (QED) is 0.410. The number of rotatable bonds is 8. The van der Waals surface area contributed by atoms with Crippen LogP contribution in [0, 0.1) is 0 Å². The molecular formula is C25H27N5O6. The van der Waals surface area contributed by atoms with E-state index in [0.717, 1.165) is 5.56 Å². The SMILES string of the molecule is COCCNC(=O)Nc1ccc2c(c1)N(C)C(=O)C(NC(=O)c1cc(Cc3ccccc3)on1)CO2. The van der Waals surface area contributed by atoms with Crippen LogP contribution >= 0.6 is 0 Å². The lowest BCUT2D eigenvalue weighted by Crippen LogP contribution is -2.49. The molecule has 36 heavy (non-hydrogen) atoms. The van der Waals surface area contributed by atoms with Crippen molar-refractivity contribution in [3.63, 3.8) is 0 Å². The van der Waals surface area contributed by atoms with Crippen LogP contribution in [0.15, 0.2) is 59.1 Å². The van der Waals surface area contributed by atoms with Crippen LogP contribution in [-0.2, 0) is 16.0 Å². The Kier molecular flexibility index (Phi) is 7.81. The number of carbonyl (C=O) groups is 3. The van der Waals surface area contributed by atoms with Crippen molar-refractivity contribution in [1.29, 1.82) is 0 Å². The molecule has 11 heteroatoms. The van der Waals surface area contributed by atoms with Crippen molar-refractivity contribution in [2.24, 2.45) is 0 Å². The molecule has 0 saturated carbocycles. The number of nitrogens with zero attached hydrogens (tertiary/aromatic N) is 2. The molecule has 1 aliphatic heterocycles. The van der Waals surface area contributed by atoms with Crippen molar-refractivity contribution < 1.29 is 28.4 Å². The molecule has 0 fully saturated rings. The van der Waals surface area contributed by atoms with Crippen LogP contribution in [0.1, 0.15) is 21.8 Å². The largest absolute Gasteiger partial charge is 0.489 e. The smallest absolute Gasteiger partial charge is 0.319 e. The number of benzene rings is 2. The van der Waals surface area contributed by atoms with E-state index < -0.39 is 18.0 Å². The number of amides is 4. The third-order valence-electron chi connectivity index (χ3n) is 5.52. The van der Waals surface area contributed by atoms with Crippen LogP contribution in [0.2, 0.25) is 0 Å². The predicted molar refractivity (Wildman–Crippen MR) is 131 cm³/mol. The van der Waals surface area contributed by atoms with Gasteiger partial charge < -0.3 is 34.8 Å². The van der Waals surface area contributed by atoms with E-state index in [1.807, 2.05) is 30.3 Å². The Morgan fingerprint density at radius 2 is 1.97 bits per heavy atom. The standard InChI is InChI=1S/C25H27N5O6/c1-30-21-13-17(27-25(33)26-10-11-34-2)8-9-22(21)35-15-20(24(30)32)28-23(31)19-14-18(36-29-19)12-16-6-4-3-5-7-16/h3-9,13-14,20H,10-12,15H2,1-2H3,(H,28,31)(H2,26,27,33). The van der Waals surface area contributed by atoms with Crippen molar-refractivity contribution in [2.75, 3.05) is 44.1 Å². The van der Waals surface area contributed by atoms with E-state index in [-0.39, 0.29) is 18.2 Å². The fraction of sp³-hybridized carbons (Fsp3) is 0.280. The van der Waals surface area contributed by atoms with E-state index >= 15 is 0 Å². The molecule has 2 heterocycles. The van der Waals surface area contributed by atoms with Gasteiger partial charge in [0.15, 0.2) is 5.69 Å². The number of methoxy groups -OCH3 is 1. The second-order valence-electron chi connectivity index (χ2n) is 8.13. The zero-order chi connectivity index (χ0) is 25.5. The lowest BCUT2D eigenvalue weighted by Gasteiger charge is -2.20. The van der Waals surface area contributed by atoms with Gasteiger partial charge in [-0.25, -0.2) is 4.79 Å². The molecule has 3 N–H and O–H groups in total. The second kappa shape index (κ2) is 11.4. The molecule has 188 valence electrons. The monoisotopic (exact) mass is 493 g/mol. The predicted octanol–water partition coefficient (Wildman–Crippen LogP) is 2.19. The Hall–Kier alpha value is -4.38. The Balaban J connectivity index is 1.39. The molecule has 2 aromatic carbocycles. The van der Waals surface area contributed by atoms with Gasteiger partial charge in [0.2, 0.25) is 0 Å². The van der Waals surface area contributed by atoms with Gasteiger partial charge in [-0.2, -0.15) is 0 Å². The zero-order valence-electron chi connectivity index (χ0n) is 19.9. The van der Waals surface area contributed by atoms with Gasteiger partial charge in [-0.3, -0.25) is 9.59 Å². The number of fused-ring (bicyclic) bond motifs is 1. The maximum atomic E-state index is 13.1. The van der Waals surface area contributed by atoms with Crippen LogP contribution in [0.5, 0.6) is 5.75 Å². The van der Waals surface area contributed by atoms with Crippen molar-refractivity contribution in [3.8, 4) is 5.75 Å². The van der Waals surface area contributed by atoms with E-state index in [9.17, 15) is 14.4 Å². The summed E-state index contributed by atoms with van der Waals surface area (Å²) < 4.78 is 16.0. The molecule has 4 amide bonds. The van der Waals surface area contributed by atoms with Crippen molar-refractivity contribution in [1.82, 2.24) is 15.8 Å². The minimum atomic E-state index is -0.946. The van der Waals surface area contributed by atoms with Crippen LogP contribution in [-0.4, -0.2) is 63.0 Å². The Morgan fingerprint density at radius 1 is 1.17 bits per heavy atom. The molecular weight excluding hydrogens is 466 g/mol. The van der Waals surface area contributed by atoms with E-state index in [2.05, 4.69) is 21.1 Å². The topological polar surface area (TPSA) is 135 Å². The lowest BCUT2D eigenvalue weighted by molar-refractivity contribution is -0.120. The number of ether oxygens (including phenoxy) is 2. The summed E-state index contributed by atoms with van der Waals surface area (Å²) in [5, 5.41) is 11.9. The minimum absolute atomic E-state index is 0.0685. The molecule has 3 aromatic rings. The van der Waals surface area contributed by atoms with Gasteiger partial charge in [-0.15, -0.1) is 0 Å². The fourth-order valence-corrected chi connectivity index (χ4v) is 3.65. The van der Waals surface area contributed by atoms with Crippen molar-refractivity contribution in [2.45, 2.75) is 12.5 Å². The highest BCUT2D eigenvalue weighted by atomic mass is 16.5. The molecule has 0 saturated heterocycles. The van der Waals surface area contributed by atoms with Crippen LogP contribution in [0.4, 0.5) is 16.2 Å². The summed E-state index contributed by atoms with van der Waals surface area (Å²) in [6.45, 7) is 0.675. The minimum Gasteiger partial charge on any atom is -0.489 e. The van der Waals surface area contributed by atoms with Gasteiger partial charge in [0.05, 0.1) is 12.3 Å². The molecule has 1 aliphatic rings. The Morgan fingerprint density at radius 3 is 2.75 bits per heavy atom. The van der Waals surface area contributed by atoms with E-state index in [1.165, 1.54) is 4.90 Å².